The van der Waals surface area contributed by atoms with Crippen LogP contribution in [0.2, 0.25) is 0 Å². The largest absolute Gasteiger partial charge is 0.366 e. The quantitative estimate of drug-likeness (QED) is 0.627. The van der Waals surface area contributed by atoms with Gasteiger partial charge < -0.3 is 10.2 Å². The molecule has 0 bridgehead atoms. The highest BCUT2D eigenvalue weighted by Crippen LogP contribution is 2.26. The zero-order chi connectivity index (χ0) is 13.1. The van der Waals surface area contributed by atoms with Crippen LogP contribution in [0.5, 0.6) is 0 Å². The van der Waals surface area contributed by atoms with Crippen LogP contribution in [0, 0.1) is 21.4 Å². The number of nitrogens with zero attached hydrogens (tertiary/aromatic N) is 3. The fourth-order valence-corrected chi connectivity index (χ4v) is 2.17. The van der Waals surface area contributed by atoms with Crippen LogP contribution >= 0.6 is 0 Å². The van der Waals surface area contributed by atoms with Crippen molar-refractivity contribution in [3.63, 3.8) is 0 Å². The Morgan fingerprint density at radius 2 is 2.39 bits per heavy atom. The molecule has 0 aliphatic carbocycles. The third-order valence-electron chi connectivity index (χ3n) is 3.13. The van der Waals surface area contributed by atoms with Gasteiger partial charge in [-0.2, -0.15) is 5.26 Å². The monoisotopic (exact) mass is 246 g/mol. The van der Waals surface area contributed by atoms with Crippen LogP contribution in [0.4, 0.5) is 11.4 Å². The first-order valence-corrected chi connectivity index (χ1v) is 5.79. The molecular weight excluding hydrogens is 232 g/mol. The Labute approximate surface area is 105 Å². The molecule has 1 heterocycles. The number of hydrogen-bond donors (Lipinski definition) is 1. The predicted octanol–water partition coefficient (Wildman–Crippen LogP) is 1.26. The number of nitriles is 1. The third kappa shape index (κ3) is 2.26. The molecule has 6 heteroatoms. The van der Waals surface area contributed by atoms with Crippen molar-refractivity contribution in [1.29, 1.82) is 5.26 Å². The van der Waals surface area contributed by atoms with Crippen molar-refractivity contribution in [2.24, 2.45) is 0 Å². The summed E-state index contributed by atoms with van der Waals surface area (Å²) in [5.74, 6) is 0. The maximum Gasteiger partial charge on any atom is 0.289 e. The minimum Gasteiger partial charge on any atom is -0.366 e. The number of piperazine rings is 1. The molecule has 0 radical (unpaired) electrons. The van der Waals surface area contributed by atoms with Gasteiger partial charge >= 0.3 is 0 Å². The van der Waals surface area contributed by atoms with Gasteiger partial charge in [-0.1, -0.05) is 0 Å². The van der Waals surface area contributed by atoms with Gasteiger partial charge in [-0.05, 0) is 19.1 Å². The van der Waals surface area contributed by atoms with E-state index >= 15 is 0 Å². The lowest BCUT2D eigenvalue weighted by atomic mass is 10.1. The summed E-state index contributed by atoms with van der Waals surface area (Å²) in [6.07, 6.45) is 0. The second-order valence-corrected chi connectivity index (χ2v) is 4.32. The summed E-state index contributed by atoms with van der Waals surface area (Å²) >= 11 is 0. The molecular formula is C12H14N4O2. The van der Waals surface area contributed by atoms with Crippen LogP contribution < -0.4 is 10.2 Å². The van der Waals surface area contributed by atoms with E-state index in [1.807, 2.05) is 6.07 Å². The van der Waals surface area contributed by atoms with Gasteiger partial charge in [0.1, 0.15) is 11.6 Å². The molecule has 6 nitrogen and oxygen atoms in total. The summed E-state index contributed by atoms with van der Waals surface area (Å²) in [6, 6.07) is 6.90. The van der Waals surface area contributed by atoms with Gasteiger partial charge in [0.15, 0.2) is 0 Å². The van der Waals surface area contributed by atoms with Crippen molar-refractivity contribution >= 4 is 11.4 Å². The number of anilines is 1. The molecule has 1 aromatic rings. The first-order valence-electron chi connectivity index (χ1n) is 5.79. The smallest absolute Gasteiger partial charge is 0.289 e. The summed E-state index contributed by atoms with van der Waals surface area (Å²) in [6.45, 7) is 4.59. The average Bonchev–Trinajstić information content (AvgIpc) is 2.38. The summed E-state index contributed by atoms with van der Waals surface area (Å²) < 4.78 is 0. The highest BCUT2D eigenvalue weighted by Gasteiger charge is 2.21. The molecule has 0 saturated carbocycles. The van der Waals surface area contributed by atoms with Gasteiger partial charge in [-0.25, -0.2) is 0 Å². The van der Waals surface area contributed by atoms with Crippen LogP contribution in [0.25, 0.3) is 0 Å². The molecule has 1 saturated heterocycles. The zero-order valence-electron chi connectivity index (χ0n) is 10.1. The Hall–Kier alpha value is -2.13. The lowest BCUT2D eigenvalue weighted by Gasteiger charge is -2.35. The molecule has 1 aromatic carbocycles. The van der Waals surface area contributed by atoms with Crippen molar-refractivity contribution in [3.05, 3.63) is 33.9 Å². The van der Waals surface area contributed by atoms with Gasteiger partial charge in [0, 0.05) is 37.4 Å². The van der Waals surface area contributed by atoms with E-state index in [2.05, 4.69) is 17.1 Å². The number of nitro groups is 1. The van der Waals surface area contributed by atoms with E-state index in [4.69, 9.17) is 5.26 Å². The molecule has 1 unspecified atom stereocenters. The van der Waals surface area contributed by atoms with E-state index in [9.17, 15) is 10.1 Å². The Balaban J connectivity index is 2.37. The number of rotatable bonds is 2. The van der Waals surface area contributed by atoms with E-state index in [-0.39, 0.29) is 17.3 Å². The van der Waals surface area contributed by atoms with Crippen LogP contribution in [-0.2, 0) is 0 Å². The summed E-state index contributed by atoms with van der Waals surface area (Å²) in [4.78, 5) is 12.5. The second kappa shape index (κ2) is 5.02. The summed E-state index contributed by atoms with van der Waals surface area (Å²) in [5, 5.41) is 23.0. The van der Waals surface area contributed by atoms with Gasteiger partial charge in [0.05, 0.1) is 4.92 Å². The molecule has 1 aliphatic rings. The Morgan fingerprint density at radius 3 is 3.00 bits per heavy atom. The molecule has 2 rings (SSSR count). The van der Waals surface area contributed by atoms with Crippen molar-refractivity contribution < 1.29 is 4.92 Å². The van der Waals surface area contributed by atoms with Gasteiger partial charge in [-0.15, -0.1) is 0 Å². The third-order valence-corrected chi connectivity index (χ3v) is 3.13. The summed E-state index contributed by atoms with van der Waals surface area (Å²) in [7, 11) is 0. The SMILES string of the molecule is CC1CNCCN1c1ccc(C#N)c([N+](=O)[O-])c1. The number of hydrogen-bond acceptors (Lipinski definition) is 5. The molecule has 0 spiro atoms. The molecule has 18 heavy (non-hydrogen) atoms. The second-order valence-electron chi connectivity index (χ2n) is 4.32. The van der Waals surface area contributed by atoms with E-state index in [1.165, 1.54) is 12.1 Å². The van der Waals surface area contributed by atoms with Gasteiger partial charge in [-0.3, -0.25) is 10.1 Å². The number of benzene rings is 1. The fraction of sp³-hybridized carbons (Fsp3) is 0.417. The van der Waals surface area contributed by atoms with Crippen molar-refractivity contribution in [2.45, 2.75) is 13.0 Å². The summed E-state index contributed by atoms with van der Waals surface area (Å²) in [5.41, 5.74) is 0.780. The van der Waals surface area contributed by atoms with Gasteiger partial charge in [0.2, 0.25) is 0 Å². The predicted molar refractivity (Wildman–Crippen MR) is 67.5 cm³/mol. The van der Waals surface area contributed by atoms with Crippen molar-refractivity contribution in [1.82, 2.24) is 5.32 Å². The fourth-order valence-electron chi connectivity index (χ4n) is 2.17. The maximum absolute atomic E-state index is 10.9. The van der Waals surface area contributed by atoms with E-state index in [0.29, 0.717) is 0 Å². The van der Waals surface area contributed by atoms with E-state index in [0.717, 1.165) is 25.3 Å². The molecule has 0 aromatic heterocycles. The molecule has 1 atom stereocenters. The van der Waals surface area contributed by atoms with Crippen LogP contribution in [0.15, 0.2) is 18.2 Å². The molecule has 1 aliphatic heterocycles. The van der Waals surface area contributed by atoms with Crippen molar-refractivity contribution in [3.8, 4) is 6.07 Å². The Bertz CT molecular complexity index is 509. The van der Waals surface area contributed by atoms with Crippen LogP contribution in [0.1, 0.15) is 12.5 Å². The first kappa shape index (κ1) is 12.3. The Kier molecular flexibility index (Phi) is 3.44. The minimum atomic E-state index is -0.505. The van der Waals surface area contributed by atoms with Crippen molar-refractivity contribution in [2.75, 3.05) is 24.5 Å². The molecule has 94 valence electrons. The van der Waals surface area contributed by atoms with Crippen LogP contribution in [0.3, 0.4) is 0 Å². The number of nitro benzene ring substituents is 1. The molecule has 0 amide bonds. The number of nitrogens with one attached hydrogen (secondary N) is 1. The maximum atomic E-state index is 10.9. The highest BCUT2D eigenvalue weighted by molar-refractivity contribution is 5.60. The van der Waals surface area contributed by atoms with E-state index < -0.39 is 4.92 Å². The normalized spacial score (nSPS) is 19.3. The molecule has 1 fully saturated rings. The minimum absolute atomic E-state index is 0.103. The van der Waals surface area contributed by atoms with Crippen LogP contribution in [-0.4, -0.2) is 30.6 Å². The lowest BCUT2D eigenvalue weighted by Crippen LogP contribution is -2.49. The topological polar surface area (TPSA) is 82.2 Å². The molecule has 1 N–H and O–H groups in total. The first-order chi connectivity index (χ1) is 8.63. The van der Waals surface area contributed by atoms with E-state index in [1.54, 1.807) is 6.07 Å². The lowest BCUT2D eigenvalue weighted by molar-refractivity contribution is -0.385. The average molecular weight is 246 g/mol. The highest BCUT2D eigenvalue weighted by atomic mass is 16.6. The Morgan fingerprint density at radius 1 is 1.61 bits per heavy atom. The van der Waals surface area contributed by atoms with Gasteiger partial charge in [0.25, 0.3) is 5.69 Å². The standard InChI is InChI=1S/C12H14N4O2/c1-9-8-14-4-5-15(9)11-3-2-10(7-13)12(6-11)16(17)18/h2-3,6,9,14H,4-5,8H2,1H3. The zero-order valence-corrected chi connectivity index (χ0v) is 10.1.